The summed E-state index contributed by atoms with van der Waals surface area (Å²) in [5.74, 6) is -1.82. The van der Waals surface area contributed by atoms with Crippen LogP contribution in [0.2, 0.25) is 0 Å². The molecule has 1 saturated carbocycles. The molecular formula is C26H26F3N7O. The first-order chi connectivity index (χ1) is 17.8. The van der Waals surface area contributed by atoms with Gasteiger partial charge in [0.2, 0.25) is 5.95 Å². The second-order valence-corrected chi connectivity index (χ2v) is 9.54. The summed E-state index contributed by atoms with van der Waals surface area (Å²) < 4.78 is 45.5. The molecule has 37 heavy (non-hydrogen) atoms. The van der Waals surface area contributed by atoms with Gasteiger partial charge in [-0.05, 0) is 49.9 Å². The maximum absolute atomic E-state index is 14.7. The van der Waals surface area contributed by atoms with Crippen molar-refractivity contribution < 1.29 is 18.0 Å². The quantitative estimate of drug-likeness (QED) is 0.372. The Morgan fingerprint density at radius 2 is 2.03 bits per heavy atom. The molecule has 0 radical (unpaired) electrons. The molecule has 0 bridgehead atoms. The lowest BCUT2D eigenvalue weighted by Gasteiger charge is -2.34. The van der Waals surface area contributed by atoms with Gasteiger partial charge in [-0.1, -0.05) is 0 Å². The first kappa shape index (κ1) is 24.8. The molecule has 1 saturated heterocycles. The number of benzene rings is 1. The van der Waals surface area contributed by atoms with Crippen LogP contribution in [0.4, 0.5) is 18.9 Å². The summed E-state index contributed by atoms with van der Waals surface area (Å²) >= 11 is 0. The number of anilines is 1. The Bertz CT molecular complexity index is 1360. The smallest absolute Gasteiger partial charge is 0.254 e. The molecule has 2 aliphatic rings. The summed E-state index contributed by atoms with van der Waals surface area (Å²) in [4.78, 5) is 22.3. The van der Waals surface area contributed by atoms with Crippen LogP contribution in [0.25, 0.3) is 16.9 Å². The van der Waals surface area contributed by atoms with E-state index in [1.165, 1.54) is 30.7 Å². The van der Waals surface area contributed by atoms with Gasteiger partial charge in [0.25, 0.3) is 5.91 Å². The molecule has 2 aromatic heterocycles. The van der Waals surface area contributed by atoms with Gasteiger partial charge < -0.3 is 15.2 Å². The number of carbonyl (C=O) groups is 1. The van der Waals surface area contributed by atoms with E-state index in [-0.39, 0.29) is 36.0 Å². The number of aromatic nitrogens is 3. The second-order valence-electron chi connectivity index (χ2n) is 9.54. The molecule has 2 atom stereocenters. The number of nitriles is 1. The fourth-order valence-corrected chi connectivity index (χ4v) is 4.49. The Kier molecular flexibility index (Phi) is 6.84. The number of amides is 1. The van der Waals surface area contributed by atoms with Crippen LogP contribution < -0.4 is 10.6 Å². The number of alkyl halides is 1. The highest BCUT2D eigenvalue weighted by molar-refractivity contribution is 5.95. The second kappa shape index (κ2) is 10.2. The molecule has 2 N–H and O–H groups in total. The van der Waals surface area contributed by atoms with Crippen molar-refractivity contribution in [2.24, 2.45) is 0 Å². The maximum Gasteiger partial charge on any atom is 0.254 e. The van der Waals surface area contributed by atoms with Crippen LogP contribution in [0.5, 0.6) is 0 Å². The van der Waals surface area contributed by atoms with Gasteiger partial charge in [0.05, 0.1) is 59.4 Å². The Labute approximate surface area is 212 Å². The topological polar surface area (TPSA) is 98.9 Å². The van der Waals surface area contributed by atoms with E-state index in [9.17, 15) is 18.0 Å². The van der Waals surface area contributed by atoms with E-state index in [0.717, 1.165) is 12.8 Å². The van der Waals surface area contributed by atoms with Gasteiger partial charge in [0.15, 0.2) is 0 Å². The monoisotopic (exact) mass is 509 g/mol. The molecule has 11 heteroatoms. The van der Waals surface area contributed by atoms with Crippen LogP contribution in [0.3, 0.4) is 0 Å². The number of nitrogens with zero attached hydrogens (tertiary/aromatic N) is 5. The largest absolute Gasteiger partial charge is 0.378 e. The lowest BCUT2D eigenvalue weighted by Crippen LogP contribution is -2.47. The van der Waals surface area contributed by atoms with Gasteiger partial charge in [-0.25, -0.2) is 18.7 Å². The Morgan fingerprint density at radius 1 is 1.22 bits per heavy atom. The van der Waals surface area contributed by atoms with Crippen LogP contribution in [-0.2, 0) is 0 Å². The van der Waals surface area contributed by atoms with E-state index in [1.54, 1.807) is 22.6 Å². The molecule has 3 aromatic rings. The number of rotatable bonds is 7. The van der Waals surface area contributed by atoms with Gasteiger partial charge in [-0.3, -0.25) is 9.69 Å². The zero-order valence-electron chi connectivity index (χ0n) is 20.2. The molecule has 1 aromatic carbocycles. The number of pyridine rings is 1. The molecular weight excluding hydrogens is 483 g/mol. The van der Waals surface area contributed by atoms with E-state index >= 15 is 0 Å². The SMILES string of the molecule is Cc1cc(F)c(C(=O)NC2CC2)cc1-n1cnc(-c2cc(NC3CCN(CC#N)CC3F)cnc2F)c1. The number of hydrogen-bond donors (Lipinski definition) is 2. The van der Waals surface area contributed by atoms with Crippen molar-refractivity contribution in [1.82, 2.24) is 24.8 Å². The summed E-state index contributed by atoms with van der Waals surface area (Å²) in [7, 11) is 0. The third kappa shape index (κ3) is 5.44. The first-order valence-corrected chi connectivity index (χ1v) is 12.1. The summed E-state index contributed by atoms with van der Waals surface area (Å²) in [5, 5.41) is 14.7. The Balaban J connectivity index is 1.37. The standard InChI is InChI=1S/C26H26F3N7O/c1-15-8-20(27)18(26(37)34-16-2-3-16)10-24(15)36-13-23(32-14-36)19-9-17(11-31-25(19)29)33-22-4-6-35(7-5-30)12-21(22)28/h8-11,13-14,16,21-22,33H,2-4,6-7,12H2,1H3,(H,34,37). The zero-order valence-corrected chi connectivity index (χ0v) is 20.2. The first-order valence-electron chi connectivity index (χ1n) is 12.1. The molecule has 192 valence electrons. The third-order valence-corrected chi connectivity index (χ3v) is 6.69. The van der Waals surface area contributed by atoms with Crippen molar-refractivity contribution in [3.05, 3.63) is 59.8 Å². The highest BCUT2D eigenvalue weighted by Gasteiger charge is 2.29. The molecule has 1 amide bonds. The highest BCUT2D eigenvalue weighted by atomic mass is 19.1. The van der Waals surface area contributed by atoms with E-state index in [2.05, 4.69) is 20.6 Å². The van der Waals surface area contributed by atoms with Crippen molar-refractivity contribution >= 4 is 11.6 Å². The predicted octanol–water partition coefficient (Wildman–Crippen LogP) is 3.76. The van der Waals surface area contributed by atoms with Gasteiger partial charge >= 0.3 is 0 Å². The van der Waals surface area contributed by atoms with Crippen molar-refractivity contribution in [3.63, 3.8) is 0 Å². The molecule has 3 heterocycles. The Hall–Kier alpha value is -3.91. The van der Waals surface area contributed by atoms with Gasteiger partial charge in [0, 0.05) is 25.3 Å². The van der Waals surface area contributed by atoms with Gasteiger partial charge in [-0.2, -0.15) is 9.65 Å². The number of imidazole rings is 1. The minimum absolute atomic E-state index is 0.0663. The third-order valence-electron chi connectivity index (χ3n) is 6.69. The van der Waals surface area contributed by atoms with Crippen LogP contribution in [0.15, 0.2) is 36.9 Å². The zero-order chi connectivity index (χ0) is 26.1. The number of piperidine rings is 1. The van der Waals surface area contributed by atoms with Crippen molar-refractivity contribution in [1.29, 1.82) is 5.26 Å². The lowest BCUT2D eigenvalue weighted by molar-refractivity contribution is 0.0947. The van der Waals surface area contributed by atoms with Crippen molar-refractivity contribution in [3.8, 4) is 23.0 Å². The molecule has 8 nitrogen and oxygen atoms in total. The molecule has 0 spiro atoms. The van der Waals surface area contributed by atoms with Crippen molar-refractivity contribution in [2.45, 2.75) is 44.4 Å². The molecule has 2 unspecified atom stereocenters. The average Bonchev–Trinajstić information content (AvgIpc) is 3.54. The minimum atomic E-state index is -1.19. The number of carbonyl (C=O) groups excluding carboxylic acids is 1. The van der Waals surface area contributed by atoms with Gasteiger partial charge in [0.1, 0.15) is 12.0 Å². The molecule has 1 aliphatic heterocycles. The van der Waals surface area contributed by atoms with E-state index in [4.69, 9.17) is 5.26 Å². The minimum Gasteiger partial charge on any atom is -0.378 e. The van der Waals surface area contributed by atoms with E-state index in [1.807, 2.05) is 6.07 Å². The molecule has 1 aliphatic carbocycles. The lowest BCUT2D eigenvalue weighted by atomic mass is 10.0. The number of hydrogen-bond acceptors (Lipinski definition) is 6. The molecule has 5 rings (SSSR count). The van der Waals surface area contributed by atoms with E-state index < -0.39 is 29.9 Å². The number of nitrogens with one attached hydrogen (secondary N) is 2. The van der Waals surface area contributed by atoms with Gasteiger partial charge in [-0.15, -0.1) is 0 Å². The maximum atomic E-state index is 14.7. The Morgan fingerprint density at radius 3 is 2.76 bits per heavy atom. The summed E-state index contributed by atoms with van der Waals surface area (Å²) in [5.41, 5.74) is 1.89. The average molecular weight is 510 g/mol. The number of likely N-dealkylation sites (tertiary alicyclic amines) is 1. The van der Waals surface area contributed by atoms with Crippen LogP contribution in [-0.4, -0.2) is 63.2 Å². The number of halogens is 3. The predicted molar refractivity (Wildman–Crippen MR) is 131 cm³/mol. The highest BCUT2D eigenvalue weighted by Crippen LogP contribution is 2.28. The molecule has 2 fully saturated rings. The van der Waals surface area contributed by atoms with Crippen LogP contribution >= 0.6 is 0 Å². The summed E-state index contributed by atoms with van der Waals surface area (Å²) in [6.07, 6.45) is 5.41. The fourth-order valence-electron chi connectivity index (χ4n) is 4.49. The summed E-state index contributed by atoms with van der Waals surface area (Å²) in [6.45, 7) is 2.62. The summed E-state index contributed by atoms with van der Waals surface area (Å²) in [6, 6.07) is 5.90. The fraction of sp³-hybridized carbons (Fsp3) is 0.385. The normalized spacial score (nSPS) is 19.9. The van der Waals surface area contributed by atoms with Crippen molar-refractivity contribution in [2.75, 3.05) is 25.0 Å². The van der Waals surface area contributed by atoms with Crippen LogP contribution in [0, 0.1) is 30.0 Å². The van der Waals surface area contributed by atoms with Crippen LogP contribution in [0.1, 0.15) is 35.2 Å². The van der Waals surface area contributed by atoms with E-state index in [0.29, 0.717) is 29.9 Å². The number of aryl methyl sites for hydroxylation is 1.